The third-order valence-electron chi connectivity index (χ3n) is 3.63. The van der Waals surface area contributed by atoms with E-state index in [1.165, 1.54) is 16.7 Å². The number of rotatable bonds is 4. The Bertz CT molecular complexity index is 653. The molecule has 0 unspecified atom stereocenters. The summed E-state index contributed by atoms with van der Waals surface area (Å²) < 4.78 is 1.09. The molecule has 0 aliphatic heterocycles. The summed E-state index contributed by atoms with van der Waals surface area (Å²) in [5.74, 6) is 0. The first-order valence-corrected chi connectivity index (χ1v) is 8.60. The molecule has 4 heteroatoms. The maximum Gasteiger partial charge on any atom is 0.171 e. The van der Waals surface area contributed by atoms with E-state index < -0.39 is 0 Å². The minimum Gasteiger partial charge on any atom is -0.356 e. The van der Waals surface area contributed by atoms with Crippen molar-refractivity contribution >= 4 is 38.9 Å². The van der Waals surface area contributed by atoms with Crippen molar-refractivity contribution in [3.05, 3.63) is 63.6 Å². The van der Waals surface area contributed by atoms with Crippen molar-refractivity contribution in [3.8, 4) is 0 Å². The number of benzene rings is 2. The number of nitrogens with one attached hydrogen (secondary N) is 2. The summed E-state index contributed by atoms with van der Waals surface area (Å²) in [6, 6.07) is 14.9. The third kappa shape index (κ3) is 4.55. The van der Waals surface area contributed by atoms with E-state index in [0.29, 0.717) is 5.11 Å². The van der Waals surface area contributed by atoms with Gasteiger partial charge in [0.05, 0.1) is 6.04 Å². The fraction of sp³-hybridized carbons (Fsp3) is 0.278. The van der Waals surface area contributed by atoms with Crippen molar-refractivity contribution < 1.29 is 0 Å². The summed E-state index contributed by atoms with van der Waals surface area (Å²) in [7, 11) is 0. The molecule has 0 saturated carbocycles. The van der Waals surface area contributed by atoms with Gasteiger partial charge >= 0.3 is 0 Å². The van der Waals surface area contributed by atoms with Crippen LogP contribution >= 0.6 is 28.1 Å². The minimum absolute atomic E-state index is 0.207. The molecule has 2 rings (SSSR count). The molecule has 0 fully saturated rings. The van der Waals surface area contributed by atoms with E-state index in [0.717, 1.165) is 16.6 Å². The van der Waals surface area contributed by atoms with Crippen LogP contribution in [-0.4, -0.2) is 5.11 Å². The van der Waals surface area contributed by atoms with Crippen LogP contribution in [-0.2, 0) is 0 Å². The van der Waals surface area contributed by atoms with E-state index in [2.05, 4.69) is 89.8 Å². The standard InChI is InChI=1S/C18H21BrN2S/c1-4-16(14-7-9-15(19)10-8-14)20-18(22)21-17-11-12(2)5-6-13(17)3/h5-11,16H,4H2,1-3H3,(H2,20,21,22)/t16-/m1/s1. The zero-order valence-electron chi connectivity index (χ0n) is 13.1. The number of hydrogen-bond acceptors (Lipinski definition) is 1. The average Bonchev–Trinajstić information content (AvgIpc) is 2.49. The number of aryl methyl sites for hydroxylation is 2. The molecular formula is C18H21BrN2S. The Morgan fingerprint density at radius 2 is 1.82 bits per heavy atom. The normalized spacial score (nSPS) is 11.8. The maximum absolute atomic E-state index is 5.48. The second-order valence-corrected chi connectivity index (χ2v) is 6.75. The Kier molecular flexibility index (Phi) is 5.98. The van der Waals surface area contributed by atoms with Crippen molar-refractivity contribution in [1.82, 2.24) is 5.32 Å². The van der Waals surface area contributed by atoms with Crippen LogP contribution in [0.4, 0.5) is 5.69 Å². The fourth-order valence-electron chi connectivity index (χ4n) is 2.30. The quantitative estimate of drug-likeness (QED) is 0.688. The summed E-state index contributed by atoms with van der Waals surface area (Å²) in [5.41, 5.74) is 4.70. The Labute approximate surface area is 146 Å². The van der Waals surface area contributed by atoms with Gasteiger partial charge in [0.2, 0.25) is 0 Å². The summed E-state index contributed by atoms with van der Waals surface area (Å²) in [4.78, 5) is 0. The van der Waals surface area contributed by atoms with E-state index in [4.69, 9.17) is 12.2 Å². The molecule has 22 heavy (non-hydrogen) atoms. The predicted octanol–water partition coefficient (Wildman–Crippen LogP) is 5.50. The molecule has 0 spiro atoms. The highest BCUT2D eigenvalue weighted by Crippen LogP contribution is 2.20. The van der Waals surface area contributed by atoms with Gasteiger partial charge in [-0.05, 0) is 67.4 Å². The van der Waals surface area contributed by atoms with Crippen LogP contribution in [0.1, 0.15) is 36.1 Å². The molecule has 2 aromatic rings. The van der Waals surface area contributed by atoms with Crippen LogP contribution in [0, 0.1) is 13.8 Å². The maximum atomic E-state index is 5.48. The lowest BCUT2D eigenvalue weighted by atomic mass is 10.1. The van der Waals surface area contributed by atoms with Crippen LogP contribution in [0.2, 0.25) is 0 Å². The van der Waals surface area contributed by atoms with Crippen molar-refractivity contribution in [3.63, 3.8) is 0 Å². The van der Waals surface area contributed by atoms with Crippen molar-refractivity contribution in [2.24, 2.45) is 0 Å². The first kappa shape index (κ1) is 17.0. The molecule has 0 amide bonds. The van der Waals surface area contributed by atoms with E-state index in [1.54, 1.807) is 0 Å². The van der Waals surface area contributed by atoms with Gasteiger partial charge in [-0.2, -0.15) is 0 Å². The third-order valence-corrected chi connectivity index (χ3v) is 4.38. The molecule has 0 aliphatic rings. The van der Waals surface area contributed by atoms with Crippen LogP contribution in [0.5, 0.6) is 0 Å². The lowest BCUT2D eigenvalue weighted by Crippen LogP contribution is -2.32. The fourth-order valence-corrected chi connectivity index (χ4v) is 2.82. The van der Waals surface area contributed by atoms with Gasteiger partial charge in [0.25, 0.3) is 0 Å². The van der Waals surface area contributed by atoms with Crippen LogP contribution in [0.3, 0.4) is 0 Å². The predicted molar refractivity (Wildman–Crippen MR) is 102 cm³/mol. The van der Waals surface area contributed by atoms with Gasteiger partial charge in [0.15, 0.2) is 5.11 Å². The monoisotopic (exact) mass is 376 g/mol. The molecule has 0 aliphatic carbocycles. The Hall–Kier alpha value is -1.39. The summed E-state index contributed by atoms with van der Waals surface area (Å²) in [5, 5.41) is 7.37. The second kappa shape index (κ2) is 7.75. The number of hydrogen-bond donors (Lipinski definition) is 2. The number of anilines is 1. The van der Waals surface area contributed by atoms with Crippen molar-refractivity contribution in [1.29, 1.82) is 0 Å². The van der Waals surface area contributed by atoms with Gasteiger partial charge in [-0.1, -0.05) is 47.1 Å². The van der Waals surface area contributed by atoms with E-state index in [1.807, 2.05) is 0 Å². The molecule has 0 radical (unpaired) electrons. The molecule has 2 nitrogen and oxygen atoms in total. The van der Waals surface area contributed by atoms with E-state index >= 15 is 0 Å². The Balaban J connectivity index is 2.06. The van der Waals surface area contributed by atoms with E-state index in [-0.39, 0.29) is 6.04 Å². The number of halogens is 1. The summed E-state index contributed by atoms with van der Waals surface area (Å²) in [6.07, 6.45) is 0.969. The lowest BCUT2D eigenvalue weighted by molar-refractivity contribution is 0.629. The topological polar surface area (TPSA) is 24.1 Å². The Morgan fingerprint density at radius 1 is 1.14 bits per heavy atom. The first-order valence-electron chi connectivity index (χ1n) is 7.40. The van der Waals surface area contributed by atoms with Crippen LogP contribution in [0.25, 0.3) is 0 Å². The highest BCUT2D eigenvalue weighted by Gasteiger charge is 2.11. The largest absolute Gasteiger partial charge is 0.356 e. The first-order chi connectivity index (χ1) is 10.5. The summed E-state index contributed by atoms with van der Waals surface area (Å²) >= 11 is 8.94. The van der Waals surface area contributed by atoms with Crippen LogP contribution < -0.4 is 10.6 Å². The molecule has 0 bridgehead atoms. The van der Waals surface area contributed by atoms with Crippen molar-refractivity contribution in [2.45, 2.75) is 33.2 Å². The highest BCUT2D eigenvalue weighted by molar-refractivity contribution is 9.10. The molecule has 1 atom stereocenters. The molecule has 0 heterocycles. The van der Waals surface area contributed by atoms with Gasteiger partial charge in [-0.25, -0.2) is 0 Å². The van der Waals surface area contributed by atoms with Crippen LogP contribution in [0.15, 0.2) is 46.9 Å². The van der Waals surface area contributed by atoms with Gasteiger partial charge in [-0.3, -0.25) is 0 Å². The molecule has 0 aromatic heterocycles. The smallest absolute Gasteiger partial charge is 0.171 e. The summed E-state index contributed by atoms with van der Waals surface area (Å²) in [6.45, 7) is 6.31. The van der Waals surface area contributed by atoms with E-state index in [9.17, 15) is 0 Å². The van der Waals surface area contributed by atoms with Gasteiger partial charge in [0, 0.05) is 10.2 Å². The number of thiocarbonyl (C=S) groups is 1. The lowest BCUT2D eigenvalue weighted by Gasteiger charge is -2.21. The molecule has 2 N–H and O–H groups in total. The molecule has 116 valence electrons. The zero-order chi connectivity index (χ0) is 16.1. The molecule has 2 aromatic carbocycles. The molecular weight excluding hydrogens is 356 g/mol. The Morgan fingerprint density at radius 3 is 2.45 bits per heavy atom. The van der Waals surface area contributed by atoms with Gasteiger partial charge < -0.3 is 10.6 Å². The SMILES string of the molecule is CC[C@@H](NC(=S)Nc1cc(C)ccc1C)c1ccc(Br)cc1. The van der Waals surface area contributed by atoms with Crippen molar-refractivity contribution in [2.75, 3.05) is 5.32 Å². The highest BCUT2D eigenvalue weighted by atomic mass is 79.9. The molecule has 0 saturated heterocycles. The van der Waals surface area contributed by atoms with Gasteiger partial charge in [0.1, 0.15) is 0 Å². The van der Waals surface area contributed by atoms with Gasteiger partial charge in [-0.15, -0.1) is 0 Å². The minimum atomic E-state index is 0.207. The zero-order valence-corrected chi connectivity index (χ0v) is 15.5. The average molecular weight is 377 g/mol. The second-order valence-electron chi connectivity index (χ2n) is 5.43.